The first-order chi connectivity index (χ1) is 12.7. The van der Waals surface area contributed by atoms with Crippen molar-refractivity contribution in [3.05, 3.63) is 78.1 Å². The molecular formula is C20H18N4O2. The minimum atomic E-state index is -0.0811. The lowest BCUT2D eigenvalue weighted by Crippen LogP contribution is -2.30. The quantitative estimate of drug-likeness (QED) is 0.686. The zero-order chi connectivity index (χ0) is 18.4. The third-order valence-corrected chi connectivity index (χ3v) is 3.87. The fourth-order valence-electron chi connectivity index (χ4n) is 2.43. The third-order valence-electron chi connectivity index (χ3n) is 3.87. The number of benzene rings is 2. The number of rotatable bonds is 6. The van der Waals surface area contributed by atoms with Crippen LogP contribution in [-0.4, -0.2) is 34.2 Å². The van der Waals surface area contributed by atoms with E-state index in [1.807, 2.05) is 12.3 Å². The number of hydrogen-bond acceptors (Lipinski definition) is 4. The maximum absolute atomic E-state index is 12.6. The predicted octanol–water partition coefficient (Wildman–Crippen LogP) is 3.32. The molecule has 1 heterocycles. The average molecular weight is 346 g/mol. The zero-order valence-electron chi connectivity index (χ0n) is 14.4. The van der Waals surface area contributed by atoms with Gasteiger partial charge in [0, 0.05) is 31.5 Å². The maximum Gasteiger partial charge on any atom is 0.253 e. The van der Waals surface area contributed by atoms with Gasteiger partial charge in [-0.1, -0.05) is 6.07 Å². The van der Waals surface area contributed by atoms with E-state index in [-0.39, 0.29) is 5.91 Å². The Hall–Kier alpha value is -3.59. The van der Waals surface area contributed by atoms with Gasteiger partial charge in [0.1, 0.15) is 11.5 Å². The van der Waals surface area contributed by atoms with Crippen LogP contribution >= 0.6 is 0 Å². The molecule has 0 unspecified atom stereocenters. The molecule has 0 N–H and O–H groups in total. The first-order valence-corrected chi connectivity index (χ1v) is 8.17. The molecule has 0 spiro atoms. The van der Waals surface area contributed by atoms with Crippen LogP contribution in [0.15, 0.2) is 67.0 Å². The highest BCUT2D eigenvalue weighted by molar-refractivity contribution is 5.94. The minimum absolute atomic E-state index is 0.0811. The number of nitriles is 1. The minimum Gasteiger partial charge on any atom is -0.457 e. The monoisotopic (exact) mass is 346 g/mol. The van der Waals surface area contributed by atoms with Crippen LogP contribution in [0.25, 0.3) is 0 Å². The molecule has 0 aliphatic heterocycles. The van der Waals surface area contributed by atoms with E-state index >= 15 is 0 Å². The van der Waals surface area contributed by atoms with Gasteiger partial charge in [0.05, 0.1) is 18.2 Å². The van der Waals surface area contributed by atoms with Gasteiger partial charge in [-0.05, 0) is 48.5 Å². The molecule has 130 valence electrons. The normalized spacial score (nSPS) is 10.2. The van der Waals surface area contributed by atoms with Gasteiger partial charge in [-0.15, -0.1) is 0 Å². The molecule has 6 nitrogen and oxygen atoms in total. The molecular weight excluding hydrogens is 328 g/mol. The second-order valence-electron chi connectivity index (χ2n) is 5.76. The molecule has 1 amide bonds. The summed E-state index contributed by atoms with van der Waals surface area (Å²) in [6.45, 7) is 1.19. The first kappa shape index (κ1) is 17.2. The Labute approximate surface area is 151 Å². The third kappa shape index (κ3) is 4.28. The lowest BCUT2D eigenvalue weighted by Gasteiger charge is -2.17. The summed E-state index contributed by atoms with van der Waals surface area (Å²) in [5.74, 6) is 1.10. The number of hydrogen-bond donors (Lipinski definition) is 0. The molecule has 0 saturated heterocycles. The molecule has 0 bridgehead atoms. The van der Waals surface area contributed by atoms with Gasteiger partial charge in [-0.3, -0.25) is 9.48 Å². The Balaban J connectivity index is 1.65. The number of amides is 1. The number of aromatic nitrogens is 2. The fraction of sp³-hybridized carbons (Fsp3) is 0.150. The van der Waals surface area contributed by atoms with Crippen molar-refractivity contribution >= 4 is 5.91 Å². The van der Waals surface area contributed by atoms with Gasteiger partial charge < -0.3 is 9.64 Å². The fourth-order valence-corrected chi connectivity index (χ4v) is 2.43. The van der Waals surface area contributed by atoms with Gasteiger partial charge in [0.25, 0.3) is 5.91 Å². The predicted molar refractivity (Wildman–Crippen MR) is 96.9 cm³/mol. The number of nitrogens with zero attached hydrogens (tertiary/aromatic N) is 4. The van der Waals surface area contributed by atoms with Crippen molar-refractivity contribution in [2.24, 2.45) is 0 Å². The number of ether oxygens (including phenoxy) is 1. The Morgan fingerprint density at radius 2 is 2.00 bits per heavy atom. The molecule has 2 aromatic carbocycles. The highest BCUT2D eigenvalue weighted by atomic mass is 16.5. The summed E-state index contributed by atoms with van der Waals surface area (Å²) < 4.78 is 7.56. The van der Waals surface area contributed by atoms with Gasteiger partial charge in [0.2, 0.25) is 0 Å². The summed E-state index contributed by atoms with van der Waals surface area (Å²) in [4.78, 5) is 14.3. The number of carbonyl (C=O) groups is 1. The van der Waals surface area contributed by atoms with Crippen LogP contribution in [0.1, 0.15) is 15.9 Å². The topological polar surface area (TPSA) is 71.2 Å². The number of likely N-dealkylation sites (N-methyl/N-ethyl adjacent to an activating group) is 1. The molecule has 0 fully saturated rings. The molecule has 1 aromatic heterocycles. The summed E-state index contributed by atoms with van der Waals surface area (Å²) >= 11 is 0. The van der Waals surface area contributed by atoms with E-state index in [1.54, 1.807) is 71.4 Å². The van der Waals surface area contributed by atoms with Gasteiger partial charge in [-0.25, -0.2) is 0 Å². The van der Waals surface area contributed by atoms with E-state index in [4.69, 9.17) is 10.00 Å². The lowest BCUT2D eigenvalue weighted by atomic mass is 10.2. The summed E-state index contributed by atoms with van der Waals surface area (Å²) in [7, 11) is 1.76. The van der Waals surface area contributed by atoms with Crippen LogP contribution in [0.4, 0.5) is 0 Å². The molecule has 0 aliphatic rings. The smallest absolute Gasteiger partial charge is 0.253 e. The van der Waals surface area contributed by atoms with Crippen molar-refractivity contribution in [2.45, 2.75) is 6.54 Å². The summed E-state index contributed by atoms with van der Waals surface area (Å²) in [6, 6.07) is 17.8. The second kappa shape index (κ2) is 7.99. The Bertz CT molecular complexity index is 912. The summed E-state index contributed by atoms with van der Waals surface area (Å²) in [5, 5.41) is 13.0. The molecule has 6 heteroatoms. The van der Waals surface area contributed by atoms with E-state index in [9.17, 15) is 4.79 Å². The van der Waals surface area contributed by atoms with Crippen molar-refractivity contribution in [3.63, 3.8) is 0 Å². The maximum atomic E-state index is 12.6. The van der Waals surface area contributed by atoms with Crippen LogP contribution in [0.2, 0.25) is 0 Å². The van der Waals surface area contributed by atoms with Crippen LogP contribution < -0.4 is 4.74 Å². The van der Waals surface area contributed by atoms with Crippen molar-refractivity contribution in [3.8, 4) is 17.6 Å². The largest absolute Gasteiger partial charge is 0.457 e. The van der Waals surface area contributed by atoms with Crippen molar-refractivity contribution < 1.29 is 9.53 Å². The molecule has 0 radical (unpaired) electrons. The van der Waals surface area contributed by atoms with E-state index in [0.29, 0.717) is 35.7 Å². The molecule has 0 saturated carbocycles. The second-order valence-corrected chi connectivity index (χ2v) is 5.76. The first-order valence-electron chi connectivity index (χ1n) is 8.17. The Morgan fingerprint density at radius 3 is 2.69 bits per heavy atom. The summed E-state index contributed by atoms with van der Waals surface area (Å²) in [5.41, 5.74) is 1.12. The zero-order valence-corrected chi connectivity index (χ0v) is 14.4. The molecule has 0 aliphatic carbocycles. The summed E-state index contributed by atoms with van der Waals surface area (Å²) in [6.07, 6.45) is 3.58. The van der Waals surface area contributed by atoms with Gasteiger partial charge in [0.15, 0.2) is 0 Å². The molecule has 26 heavy (non-hydrogen) atoms. The Kier molecular flexibility index (Phi) is 5.30. The van der Waals surface area contributed by atoms with Crippen LogP contribution in [0, 0.1) is 11.3 Å². The molecule has 3 rings (SSSR count). The standard InChI is InChI=1S/C20H18N4O2/c1-23(12-13-24-11-3-10-22-24)20(25)17-4-2-5-19(14-17)26-18-8-6-16(15-21)7-9-18/h2-11,14H,12-13H2,1H3. The van der Waals surface area contributed by atoms with Gasteiger partial charge >= 0.3 is 0 Å². The van der Waals surface area contributed by atoms with Crippen LogP contribution in [0.3, 0.4) is 0 Å². The van der Waals surface area contributed by atoms with E-state index in [1.165, 1.54) is 0 Å². The lowest BCUT2D eigenvalue weighted by molar-refractivity contribution is 0.0788. The van der Waals surface area contributed by atoms with Crippen LogP contribution in [0.5, 0.6) is 11.5 Å². The average Bonchev–Trinajstić information content (AvgIpc) is 3.20. The van der Waals surface area contributed by atoms with Crippen molar-refractivity contribution in [1.82, 2.24) is 14.7 Å². The molecule has 3 aromatic rings. The van der Waals surface area contributed by atoms with Crippen molar-refractivity contribution in [1.29, 1.82) is 5.26 Å². The molecule has 0 atom stereocenters. The Morgan fingerprint density at radius 1 is 1.19 bits per heavy atom. The SMILES string of the molecule is CN(CCn1cccn1)C(=O)c1cccc(Oc2ccc(C#N)cc2)c1. The van der Waals surface area contributed by atoms with E-state index in [0.717, 1.165) is 0 Å². The van der Waals surface area contributed by atoms with Crippen LogP contribution in [-0.2, 0) is 6.54 Å². The van der Waals surface area contributed by atoms with E-state index in [2.05, 4.69) is 11.2 Å². The van der Waals surface area contributed by atoms with Gasteiger partial charge in [-0.2, -0.15) is 10.4 Å². The highest BCUT2D eigenvalue weighted by Gasteiger charge is 2.12. The highest BCUT2D eigenvalue weighted by Crippen LogP contribution is 2.23. The van der Waals surface area contributed by atoms with E-state index < -0.39 is 0 Å². The van der Waals surface area contributed by atoms with Crippen molar-refractivity contribution in [2.75, 3.05) is 13.6 Å². The number of carbonyl (C=O) groups excluding carboxylic acids is 1.